The monoisotopic (exact) mass is 395 g/mol. The van der Waals surface area contributed by atoms with Gasteiger partial charge in [0.25, 0.3) is 0 Å². The van der Waals surface area contributed by atoms with Gasteiger partial charge in [-0.25, -0.2) is 4.98 Å². The second-order valence-electron chi connectivity index (χ2n) is 7.01. The Morgan fingerprint density at radius 1 is 0.857 bits per heavy atom. The molecule has 3 heterocycles. The SMILES string of the molecule is CC.CC(C)c1cccnc1C(F)(F)F.CC(C)c1cccnc1N1CCC1. The van der Waals surface area contributed by atoms with Crippen molar-refractivity contribution in [2.24, 2.45) is 0 Å². The number of hydrogen-bond donors (Lipinski definition) is 0. The van der Waals surface area contributed by atoms with Crippen LogP contribution in [0.25, 0.3) is 0 Å². The Hall–Kier alpha value is -2.11. The van der Waals surface area contributed by atoms with Gasteiger partial charge in [0.2, 0.25) is 0 Å². The lowest BCUT2D eigenvalue weighted by atomic mass is 10.0. The van der Waals surface area contributed by atoms with Crippen molar-refractivity contribution in [3.63, 3.8) is 0 Å². The molecule has 1 saturated heterocycles. The zero-order valence-electron chi connectivity index (χ0n) is 17.7. The van der Waals surface area contributed by atoms with E-state index in [9.17, 15) is 13.2 Å². The Morgan fingerprint density at radius 3 is 1.75 bits per heavy atom. The van der Waals surface area contributed by atoms with Crippen molar-refractivity contribution in [1.29, 1.82) is 0 Å². The Bertz CT molecular complexity index is 708. The van der Waals surface area contributed by atoms with Gasteiger partial charge in [0.05, 0.1) is 0 Å². The normalized spacial score (nSPS) is 13.3. The second kappa shape index (κ2) is 11.0. The number of anilines is 1. The highest BCUT2D eigenvalue weighted by Gasteiger charge is 2.35. The fraction of sp³-hybridized carbons (Fsp3) is 0.545. The van der Waals surface area contributed by atoms with E-state index in [1.54, 1.807) is 13.8 Å². The van der Waals surface area contributed by atoms with Gasteiger partial charge in [-0.15, -0.1) is 0 Å². The summed E-state index contributed by atoms with van der Waals surface area (Å²) in [7, 11) is 0. The minimum atomic E-state index is -4.35. The molecule has 0 unspecified atom stereocenters. The number of halogens is 3. The van der Waals surface area contributed by atoms with E-state index in [0.717, 1.165) is 6.20 Å². The van der Waals surface area contributed by atoms with Crippen LogP contribution in [0.15, 0.2) is 36.7 Å². The summed E-state index contributed by atoms with van der Waals surface area (Å²) >= 11 is 0. The molecule has 6 heteroatoms. The van der Waals surface area contributed by atoms with Crippen LogP contribution in [0.5, 0.6) is 0 Å². The summed E-state index contributed by atoms with van der Waals surface area (Å²) in [4.78, 5) is 10.2. The molecule has 0 atom stereocenters. The number of pyridine rings is 2. The highest BCUT2D eigenvalue weighted by Crippen LogP contribution is 2.33. The maximum absolute atomic E-state index is 12.3. The molecule has 1 aliphatic heterocycles. The molecule has 1 aliphatic rings. The molecule has 0 spiro atoms. The molecule has 0 aliphatic carbocycles. The quantitative estimate of drug-likeness (QED) is 0.581. The summed E-state index contributed by atoms with van der Waals surface area (Å²) in [5.41, 5.74) is 0.849. The Balaban J connectivity index is 0.000000257. The number of alkyl halides is 3. The first-order valence-corrected chi connectivity index (χ1v) is 9.93. The summed E-state index contributed by atoms with van der Waals surface area (Å²) < 4.78 is 37.0. The van der Waals surface area contributed by atoms with Crippen molar-refractivity contribution in [3.05, 3.63) is 53.5 Å². The van der Waals surface area contributed by atoms with Crippen LogP contribution >= 0.6 is 0 Å². The second-order valence-corrected chi connectivity index (χ2v) is 7.01. The fourth-order valence-electron chi connectivity index (χ4n) is 2.77. The molecule has 0 bridgehead atoms. The van der Waals surface area contributed by atoms with E-state index in [1.807, 2.05) is 26.1 Å². The zero-order chi connectivity index (χ0) is 21.3. The first-order chi connectivity index (χ1) is 13.2. The number of aromatic nitrogens is 2. The third kappa shape index (κ3) is 6.50. The molecular formula is C22H32F3N3. The summed E-state index contributed by atoms with van der Waals surface area (Å²) in [6, 6.07) is 7.19. The molecule has 0 aromatic carbocycles. The van der Waals surface area contributed by atoms with Gasteiger partial charge in [0.15, 0.2) is 0 Å². The van der Waals surface area contributed by atoms with Crippen LogP contribution in [0.4, 0.5) is 19.0 Å². The Morgan fingerprint density at radius 2 is 1.36 bits per heavy atom. The zero-order valence-corrected chi connectivity index (χ0v) is 17.7. The first-order valence-electron chi connectivity index (χ1n) is 9.93. The van der Waals surface area contributed by atoms with E-state index in [-0.39, 0.29) is 11.5 Å². The molecule has 156 valence electrons. The standard InChI is InChI=1S/C11H16N2.C9H10F3N.C2H6/c1-9(2)10-5-3-6-12-11(10)13-7-4-8-13;1-6(2)7-4-3-5-13-8(7)9(10,11)12;1-2/h3,5-6,9H,4,7-8H2,1-2H3;3-6H,1-2H3;1-2H3. The van der Waals surface area contributed by atoms with Crippen molar-refractivity contribution in [2.45, 2.75) is 66.0 Å². The maximum Gasteiger partial charge on any atom is 0.433 e. The van der Waals surface area contributed by atoms with E-state index < -0.39 is 11.9 Å². The molecule has 0 saturated carbocycles. The number of hydrogen-bond acceptors (Lipinski definition) is 3. The van der Waals surface area contributed by atoms with Crippen molar-refractivity contribution >= 4 is 5.82 Å². The number of rotatable bonds is 3. The Kier molecular flexibility index (Phi) is 9.42. The van der Waals surface area contributed by atoms with Gasteiger partial charge in [-0.05, 0) is 41.5 Å². The maximum atomic E-state index is 12.3. The molecule has 2 aromatic rings. The molecular weight excluding hydrogens is 363 g/mol. The van der Waals surface area contributed by atoms with Gasteiger partial charge in [-0.1, -0.05) is 53.7 Å². The highest BCUT2D eigenvalue weighted by atomic mass is 19.4. The molecule has 3 nitrogen and oxygen atoms in total. The van der Waals surface area contributed by atoms with Crippen molar-refractivity contribution in [2.75, 3.05) is 18.0 Å². The van der Waals surface area contributed by atoms with Gasteiger partial charge in [-0.2, -0.15) is 13.2 Å². The van der Waals surface area contributed by atoms with Gasteiger partial charge in [0.1, 0.15) is 11.5 Å². The first kappa shape index (κ1) is 23.9. The van der Waals surface area contributed by atoms with E-state index in [4.69, 9.17) is 0 Å². The third-order valence-corrected chi connectivity index (χ3v) is 4.32. The summed E-state index contributed by atoms with van der Waals surface area (Å²) in [5.74, 6) is 1.61. The molecule has 0 N–H and O–H groups in total. The van der Waals surface area contributed by atoms with Crippen LogP contribution in [-0.4, -0.2) is 23.1 Å². The van der Waals surface area contributed by atoms with Crippen LogP contribution in [0, 0.1) is 0 Å². The molecule has 2 aromatic heterocycles. The van der Waals surface area contributed by atoms with Crippen molar-refractivity contribution < 1.29 is 13.2 Å². The topological polar surface area (TPSA) is 29.0 Å². The molecule has 0 radical (unpaired) electrons. The molecule has 0 amide bonds. The van der Waals surface area contributed by atoms with E-state index in [2.05, 4.69) is 34.8 Å². The molecule has 1 fully saturated rings. The van der Waals surface area contributed by atoms with Crippen molar-refractivity contribution in [3.8, 4) is 0 Å². The van der Waals surface area contributed by atoms with Gasteiger partial charge >= 0.3 is 6.18 Å². The predicted molar refractivity (Wildman–Crippen MR) is 110 cm³/mol. The van der Waals surface area contributed by atoms with Gasteiger partial charge in [-0.3, -0.25) is 4.98 Å². The van der Waals surface area contributed by atoms with Crippen molar-refractivity contribution in [1.82, 2.24) is 9.97 Å². The van der Waals surface area contributed by atoms with Crippen LogP contribution < -0.4 is 4.90 Å². The summed E-state index contributed by atoms with van der Waals surface area (Å²) in [6.07, 6.45) is 0.0171. The van der Waals surface area contributed by atoms with Crippen LogP contribution in [0.3, 0.4) is 0 Å². The molecule has 28 heavy (non-hydrogen) atoms. The molecule has 3 rings (SSSR count). The van der Waals surface area contributed by atoms with Gasteiger partial charge in [0, 0.05) is 25.5 Å². The lowest BCUT2D eigenvalue weighted by Gasteiger charge is -2.34. The minimum Gasteiger partial charge on any atom is -0.356 e. The van der Waals surface area contributed by atoms with Gasteiger partial charge < -0.3 is 4.90 Å². The number of nitrogens with zero attached hydrogens (tertiary/aromatic N) is 3. The van der Waals surface area contributed by atoms with E-state index >= 15 is 0 Å². The lowest BCUT2D eigenvalue weighted by Crippen LogP contribution is -2.38. The average molecular weight is 396 g/mol. The lowest BCUT2D eigenvalue weighted by molar-refractivity contribution is -0.142. The minimum absolute atomic E-state index is 0.162. The fourth-order valence-corrected chi connectivity index (χ4v) is 2.77. The smallest absolute Gasteiger partial charge is 0.356 e. The third-order valence-electron chi connectivity index (χ3n) is 4.32. The Labute approximate surface area is 167 Å². The highest BCUT2D eigenvalue weighted by molar-refractivity contribution is 5.49. The van der Waals surface area contributed by atoms with Crippen LogP contribution in [-0.2, 0) is 6.18 Å². The largest absolute Gasteiger partial charge is 0.433 e. The van der Waals surface area contributed by atoms with Crippen LogP contribution in [0.2, 0.25) is 0 Å². The predicted octanol–water partition coefficient (Wildman–Crippen LogP) is 6.67. The van der Waals surface area contributed by atoms with E-state index in [0.29, 0.717) is 5.92 Å². The summed E-state index contributed by atoms with van der Waals surface area (Å²) in [5, 5.41) is 0. The summed E-state index contributed by atoms with van der Waals surface area (Å²) in [6.45, 7) is 14.2. The van der Waals surface area contributed by atoms with Crippen LogP contribution in [0.1, 0.15) is 76.6 Å². The van der Waals surface area contributed by atoms with E-state index in [1.165, 1.54) is 43.0 Å². The average Bonchev–Trinajstić information content (AvgIpc) is 2.62.